The number of benzene rings is 1. The first-order valence-electron chi connectivity index (χ1n) is 8.88. The molecule has 0 radical (unpaired) electrons. The number of furan rings is 1. The number of quaternary nitrogens is 1. The molecule has 0 unspecified atom stereocenters. The molecule has 0 spiro atoms. The average Bonchev–Trinajstić information content (AvgIpc) is 2.95. The predicted molar refractivity (Wildman–Crippen MR) is 93.9 cm³/mol. The zero-order valence-electron chi connectivity index (χ0n) is 14.6. The lowest BCUT2D eigenvalue weighted by Crippen LogP contribution is -3.12. The van der Waals surface area contributed by atoms with Crippen molar-refractivity contribution in [2.45, 2.75) is 32.6 Å². The molecule has 0 saturated carbocycles. The molecule has 1 aromatic carbocycles. The maximum absolute atomic E-state index is 12.4. The summed E-state index contributed by atoms with van der Waals surface area (Å²) in [4.78, 5) is 14.1. The number of amides is 1. The molecule has 2 N–H and O–H groups in total. The van der Waals surface area contributed by atoms with Crippen LogP contribution in [0.5, 0.6) is 5.75 Å². The lowest BCUT2D eigenvalue weighted by atomic mass is 10.1. The maximum atomic E-state index is 12.4. The minimum Gasteiger partial charge on any atom is -0.497 e. The van der Waals surface area contributed by atoms with Crippen LogP contribution in [0.3, 0.4) is 0 Å². The van der Waals surface area contributed by atoms with E-state index in [9.17, 15) is 4.79 Å². The largest absolute Gasteiger partial charge is 0.497 e. The Bertz CT molecular complexity index is 702. The Labute approximate surface area is 143 Å². The summed E-state index contributed by atoms with van der Waals surface area (Å²) in [6.45, 7) is 6.30. The topological polar surface area (TPSA) is 55.9 Å². The van der Waals surface area contributed by atoms with Gasteiger partial charge in [0.25, 0.3) is 5.91 Å². The number of methoxy groups -OCH3 is 1. The molecule has 130 valence electrons. The van der Waals surface area contributed by atoms with Crippen molar-refractivity contribution < 1.29 is 18.8 Å². The Hall–Kier alpha value is -2.01. The Balaban J connectivity index is 1.56. The summed E-state index contributed by atoms with van der Waals surface area (Å²) in [6.07, 6.45) is 5.05. The molecule has 1 amide bonds. The quantitative estimate of drug-likeness (QED) is 0.796. The number of piperidine rings is 1. The third-order valence-corrected chi connectivity index (χ3v) is 4.90. The van der Waals surface area contributed by atoms with E-state index >= 15 is 0 Å². The van der Waals surface area contributed by atoms with Crippen LogP contribution in [0.2, 0.25) is 0 Å². The van der Waals surface area contributed by atoms with Crippen molar-refractivity contribution in [1.29, 1.82) is 0 Å². The van der Waals surface area contributed by atoms with Gasteiger partial charge in [-0.15, -0.1) is 0 Å². The van der Waals surface area contributed by atoms with Crippen LogP contribution in [0.4, 0.5) is 0 Å². The summed E-state index contributed by atoms with van der Waals surface area (Å²) in [5.74, 6) is 1.04. The van der Waals surface area contributed by atoms with Crippen LogP contribution in [0.15, 0.2) is 22.6 Å². The minimum absolute atomic E-state index is 0.128. The summed E-state index contributed by atoms with van der Waals surface area (Å²) in [5, 5.41) is 3.92. The van der Waals surface area contributed by atoms with Gasteiger partial charge in [0.15, 0.2) is 5.76 Å². The van der Waals surface area contributed by atoms with Gasteiger partial charge in [0.1, 0.15) is 11.3 Å². The maximum Gasteiger partial charge on any atom is 0.287 e. The second-order valence-electron chi connectivity index (χ2n) is 6.59. The molecule has 2 aromatic rings. The monoisotopic (exact) mass is 331 g/mol. The highest BCUT2D eigenvalue weighted by Crippen LogP contribution is 2.28. The standard InChI is InChI=1S/C19H26N2O3/c1-14-16-13-15(23-2)7-8-17(16)24-18(14)19(22)20-9-6-12-21-10-4-3-5-11-21/h7-8,13H,3-6,9-12H2,1-2H3,(H,20,22)/p+1. The molecule has 0 aliphatic carbocycles. The van der Waals surface area contributed by atoms with Crippen molar-refractivity contribution in [3.05, 3.63) is 29.5 Å². The number of likely N-dealkylation sites (tertiary alicyclic amines) is 1. The van der Waals surface area contributed by atoms with Gasteiger partial charge < -0.3 is 19.4 Å². The second-order valence-corrected chi connectivity index (χ2v) is 6.59. The minimum atomic E-state index is -0.128. The number of nitrogens with one attached hydrogen (secondary N) is 2. The first-order chi connectivity index (χ1) is 11.7. The molecule has 1 aromatic heterocycles. The lowest BCUT2D eigenvalue weighted by molar-refractivity contribution is -0.904. The molecule has 1 saturated heterocycles. The fraction of sp³-hybridized carbons (Fsp3) is 0.526. The van der Waals surface area contributed by atoms with E-state index in [0.717, 1.165) is 35.2 Å². The van der Waals surface area contributed by atoms with Crippen molar-refractivity contribution in [1.82, 2.24) is 5.32 Å². The number of fused-ring (bicyclic) bond motifs is 1. The van der Waals surface area contributed by atoms with Crippen molar-refractivity contribution >= 4 is 16.9 Å². The Morgan fingerprint density at radius 2 is 2.08 bits per heavy atom. The molecular formula is C19H27N2O3+. The Morgan fingerprint density at radius 1 is 1.29 bits per heavy atom. The van der Waals surface area contributed by atoms with Crippen LogP contribution >= 0.6 is 0 Å². The molecule has 2 heterocycles. The summed E-state index contributed by atoms with van der Waals surface area (Å²) < 4.78 is 11.0. The number of carbonyl (C=O) groups is 1. The molecule has 24 heavy (non-hydrogen) atoms. The van der Waals surface area contributed by atoms with Crippen molar-refractivity contribution in [2.75, 3.05) is 33.3 Å². The highest BCUT2D eigenvalue weighted by molar-refractivity contribution is 5.99. The zero-order chi connectivity index (χ0) is 16.9. The lowest BCUT2D eigenvalue weighted by Gasteiger charge is -2.23. The van der Waals surface area contributed by atoms with Crippen molar-refractivity contribution in [3.8, 4) is 5.75 Å². The van der Waals surface area contributed by atoms with Crippen molar-refractivity contribution in [3.63, 3.8) is 0 Å². The van der Waals surface area contributed by atoms with Gasteiger partial charge >= 0.3 is 0 Å². The summed E-state index contributed by atoms with van der Waals surface area (Å²) in [6, 6.07) is 5.59. The first kappa shape index (κ1) is 16.8. The van der Waals surface area contributed by atoms with Gasteiger partial charge in [-0.3, -0.25) is 4.79 Å². The predicted octanol–water partition coefficient (Wildman–Crippen LogP) is 1.94. The van der Waals surface area contributed by atoms with Gasteiger partial charge in [-0.2, -0.15) is 0 Å². The van der Waals surface area contributed by atoms with E-state index in [1.807, 2.05) is 25.1 Å². The van der Waals surface area contributed by atoms with E-state index in [4.69, 9.17) is 9.15 Å². The number of ether oxygens (including phenoxy) is 1. The van der Waals surface area contributed by atoms with Crippen molar-refractivity contribution in [2.24, 2.45) is 0 Å². The average molecular weight is 331 g/mol. The summed E-state index contributed by atoms with van der Waals surface area (Å²) >= 11 is 0. The first-order valence-corrected chi connectivity index (χ1v) is 8.88. The number of hydrogen-bond acceptors (Lipinski definition) is 3. The summed E-state index contributed by atoms with van der Waals surface area (Å²) in [7, 11) is 1.63. The van der Waals surface area contributed by atoms with E-state index in [1.54, 1.807) is 12.0 Å². The highest BCUT2D eigenvalue weighted by Gasteiger charge is 2.18. The molecule has 0 atom stereocenters. The van der Waals surface area contributed by atoms with Gasteiger partial charge in [-0.1, -0.05) is 0 Å². The van der Waals surface area contributed by atoms with Crippen LogP contribution in [-0.4, -0.2) is 39.2 Å². The Kier molecular flexibility index (Phi) is 5.41. The van der Waals surface area contributed by atoms with Gasteiger partial charge in [0.2, 0.25) is 0 Å². The van der Waals surface area contributed by atoms with E-state index < -0.39 is 0 Å². The SMILES string of the molecule is COc1ccc2oc(C(=O)NCCC[NH+]3CCCCC3)c(C)c2c1. The van der Waals surface area contributed by atoms with Gasteiger partial charge in [-0.25, -0.2) is 0 Å². The number of hydrogen-bond donors (Lipinski definition) is 2. The highest BCUT2D eigenvalue weighted by atomic mass is 16.5. The second kappa shape index (κ2) is 7.71. The molecule has 3 rings (SSSR count). The van der Waals surface area contributed by atoms with Gasteiger partial charge in [0, 0.05) is 23.9 Å². The van der Waals surface area contributed by atoms with E-state index in [2.05, 4.69) is 5.32 Å². The van der Waals surface area contributed by atoms with E-state index in [0.29, 0.717) is 12.3 Å². The molecule has 5 heteroatoms. The fourth-order valence-corrected chi connectivity index (χ4v) is 3.47. The van der Waals surface area contributed by atoms with Gasteiger partial charge in [0.05, 0.1) is 26.7 Å². The Morgan fingerprint density at radius 3 is 2.83 bits per heavy atom. The fourth-order valence-electron chi connectivity index (χ4n) is 3.47. The van der Waals surface area contributed by atoms with Crippen LogP contribution in [0.25, 0.3) is 11.0 Å². The smallest absolute Gasteiger partial charge is 0.287 e. The molecule has 1 fully saturated rings. The molecule has 1 aliphatic heterocycles. The van der Waals surface area contributed by atoms with E-state index in [-0.39, 0.29) is 5.91 Å². The van der Waals surface area contributed by atoms with Crippen LogP contribution < -0.4 is 15.0 Å². The number of rotatable bonds is 6. The van der Waals surface area contributed by atoms with Crippen LogP contribution in [0, 0.1) is 6.92 Å². The molecular weight excluding hydrogens is 304 g/mol. The number of carbonyl (C=O) groups excluding carboxylic acids is 1. The normalized spacial score (nSPS) is 15.6. The third kappa shape index (κ3) is 3.73. The third-order valence-electron chi connectivity index (χ3n) is 4.90. The van der Waals surface area contributed by atoms with Crippen LogP contribution in [0.1, 0.15) is 41.8 Å². The van der Waals surface area contributed by atoms with Crippen LogP contribution in [-0.2, 0) is 0 Å². The zero-order valence-corrected chi connectivity index (χ0v) is 14.6. The molecule has 5 nitrogen and oxygen atoms in total. The number of aryl methyl sites for hydroxylation is 1. The molecule has 0 bridgehead atoms. The van der Waals surface area contributed by atoms with E-state index in [1.165, 1.54) is 32.4 Å². The molecule has 1 aliphatic rings. The van der Waals surface area contributed by atoms with Gasteiger partial charge in [-0.05, 0) is 44.4 Å². The summed E-state index contributed by atoms with van der Waals surface area (Å²) in [5.41, 5.74) is 1.58.